The highest BCUT2D eigenvalue weighted by molar-refractivity contribution is 5.24. The molecule has 0 bridgehead atoms. The summed E-state index contributed by atoms with van der Waals surface area (Å²) in [6.07, 6.45) is 6.61. The third-order valence-corrected chi connectivity index (χ3v) is 3.25. The maximum absolute atomic E-state index is 5.19. The zero-order valence-corrected chi connectivity index (χ0v) is 11.7. The van der Waals surface area contributed by atoms with Crippen LogP contribution in [-0.4, -0.2) is 11.7 Å². The van der Waals surface area contributed by atoms with Crippen LogP contribution in [0.15, 0.2) is 4.52 Å². The number of hydrogen-bond acceptors (Lipinski definition) is 3. The molecular weight excluding hydrogens is 212 g/mol. The van der Waals surface area contributed by atoms with Gasteiger partial charge in [-0.1, -0.05) is 37.8 Å². The van der Waals surface area contributed by atoms with Gasteiger partial charge in [0.2, 0.25) is 0 Å². The predicted molar refractivity (Wildman–Crippen MR) is 71.2 cm³/mol. The summed E-state index contributed by atoms with van der Waals surface area (Å²) < 4.78 is 5.19. The summed E-state index contributed by atoms with van der Waals surface area (Å²) in [5.41, 5.74) is 2.23. The van der Waals surface area contributed by atoms with Crippen LogP contribution in [0.3, 0.4) is 0 Å². The molecule has 0 saturated carbocycles. The first kappa shape index (κ1) is 14.2. The molecule has 1 atom stereocenters. The van der Waals surface area contributed by atoms with Crippen LogP contribution in [0, 0.1) is 13.8 Å². The minimum absolute atomic E-state index is 0.340. The molecule has 0 radical (unpaired) electrons. The summed E-state index contributed by atoms with van der Waals surface area (Å²) in [7, 11) is 0. The Morgan fingerprint density at radius 1 is 1.18 bits per heavy atom. The Balaban J connectivity index is 2.23. The van der Waals surface area contributed by atoms with Gasteiger partial charge in [0.05, 0.1) is 5.69 Å². The predicted octanol–water partition coefficient (Wildman–Crippen LogP) is 3.91. The van der Waals surface area contributed by atoms with Crippen LogP contribution < -0.4 is 5.32 Å². The molecule has 1 N–H and O–H groups in total. The SMILES string of the molecule is CCCCCCCNC(C)c1c(C)noc1C. The van der Waals surface area contributed by atoms with Crippen LogP contribution in [0.5, 0.6) is 0 Å². The molecule has 1 aromatic rings. The molecule has 3 nitrogen and oxygen atoms in total. The van der Waals surface area contributed by atoms with Crippen LogP contribution in [0.25, 0.3) is 0 Å². The number of aromatic nitrogens is 1. The molecule has 98 valence electrons. The first-order valence-electron chi connectivity index (χ1n) is 6.83. The Morgan fingerprint density at radius 2 is 1.88 bits per heavy atom. The molecule has 1 aromatic heterocycles. The zero-order valence-electron chi connectivity index (χ0n) is 11.7. The zero-order chi connectivity index (χ0) is 12.7. The maximum Gasteiger partial charge on any atom is 0.138 e. The quantitative estimate of drug-likeness (QED) is 0.698. The van der Waals surface area contributed by atoms with E-state index in [-0.39, 0.29) is 0 Å². The third kappa shape index (κ3) is 4.50. The lowest BCUT2D eigenvalue weighted by Crippen LogP contribution is -2.20. The molecule has 1 unspecified atom stereocenters. The van der Waals surface area contributed by atoms with Gasteiger partial charge in [0.25, 0.3) is 0 Å². The Morgan fingerprint density at radius 3 is 2.47 bits per heavy atom. The summed E-state index contributed by atoms with van der Waals surface area (Å²) in [5, 5.41) is 7.53. The van der Waals surface area contributed by atoms with E-state index in [2.05, 4.69) is 24.3 Å². The van der Waals surface area contributed by atoms with Gasteiger partial charge in [0.15, 0.2) is 0 Å². The number of unbranched alkanes of at least 4 members (excludes halogenated alkanes) is 4. The number of rotatable bonds is 8. The largest absolute Gasteiger partial charge is 0.361 e. The van der Waals surface area contributed by atoms with Crippen molar-refractivity contribution in [1.29, 1.82) is 0 Å². The third-order valence-electron chi connectivity index (χ3n) is 3.25. The lowest BCUT2D eigenvalue weighted by atomic mass is 10.1. The second kappa shape index (κ2) is 7.49. The van der Waals surface area contributed by atoms with Crippen molar-refractivity contribution in [2.24, 2.45) is 0 Å². The molecule has 0 aliphatic rings. The maximum atomic E-state index is 5.19. The van der Waals surface area contributed by atoms with E-state index in [1.54, 1.807) is 0 Å². The Kier molecular flexibility index (Phi) is 6.27. The van der Waals surface area contributed by atoms with Gasteiger partial charge >= 0.3 is 0 Å². The van der Waals surface area contributed by atoms with Crippen molar-refractivity contribution in [3.63, 3.8) is 0 Å². The van der Waals surface area contributed by atoms with E-state index in [0.29, 0.717) is 6.04 Å². The van der Waals surface area contributed by atoms with E-state index in [4.69, 9.17) is 4.52 Å². The second-order valence-corrected chi connectivity index (χ2v) is 4.83. The fourth-order valence-electron chi connectivity index (χ4n) is 2.26. The van der Waals surface area contributed by atoms with Gasteiger partial charge in [-0.25, -0.2) is 0 Å². The molecule has 0 fully saturated rings. The normalized spacial score (nSPS) is 12.9. The topological polar surface area (TPSA) is 38.1 Å². The summed E-state index contributed by atoms with van der Waals surface area (Å²) in [6.45, 7) is 9.49. The summed E-state index contributed by atoms with van der Waals surface area (Å²) >= 11 is 0. The average Bonchev–Trinajstić information content (AvgIpc) is 2.63. The van der Waals surface area contributed by atoms with Crippen LogP contribution in [-0.2, 0) is 0 Å². The standard InChI is InChI=1S/C14H26N2O/c1-5-6-7-8-9-10-15-11(2)14-12(3)16-17-13(14)4/h11,15H,5-10H2,1-4H3. The van der Waals surface area contributed by atoms with Crippen molar-refractivity contribution in [1.82, 2.24) is 10.5 Å². The van der Waals surface area contributed by atoms with E-state index in [1.807, 2.05) is 13.8 Å². The van der Waals surface area contributed by atoms with Gasteiger partial charge in [-0.3, -0.25) is 0 Å². The van der Waals surface area contributed by atoms with E-state index < -0.39 is 0 Å². The second-order valence-electron chi connectivity index (χ2n) is 4.83. The van der Waals surface area contributed by atoms with Crippen molar-refractivity contribution in [2.45, 2.75) is 65.8 Å². The Bertz CT molecular complexity index is 301. The summed E-state index contributed by atoms with van der Waals surface area (Å²) in [6, 6.07) is 0.340. The average molecular weight is 238 g/mol. The van der Waals surface area contributed by atoms with Crippen LogP contribution in [0.4, 0.5) is 0 Å². The molecule has 0 aromatic carbocycles. The van der Waals surface area contributed by atoms with Crippen LogP contribution in [0.2, 0.25) is 0 Å². The highest BCUT2D eigenvalue weighted by Gasteiger charge is 2.15. The van der Waals surface area contributed by atoms with Crippen LogP contribution in [0.1, 0.15) is 69.0 Å². The minimum Gasteiger partial charge on any atom is -0.361 e. The molecule has 0 aliphatic heterocycles. The first-order chi connectivity index (χ1) is 8.16. The van der Waals surface area contributed by atoms with E-state index in [1.165, 1.54) is 37.7 Å². The number of hydrogen-bond donors (Lipinski definition) is 1. The molecule has 1 heterocycles. The Labute approximate surface area is 105 Å². The van der Waals surface area contributed by atoms with Gasteiger partial charge in [-0.2, -0.15) is 0 Å². The number of nitrogens with zero attached hydrogens (tertiary/aromatic N) is 1. The van der Waals surface area contributed by atoms with Crippen LogP contribution >= 0.6 is 0 Å². The van der Waals surface area contributed by atoms with Crippen molar-refractivity contribution in [2.75, 3.05) is 6.54 Å². The molecule has 0 aliphatic carbocycles. The van der Waals surface area contributed by atoms with Gasteiger partial charge < -0.3 is 9.84 Å². The van der Waals surface area contributed by atoms with Crippen molar-refractivity contribution < 1.29 is 4.52 Å². The van der Waals surface area contributed by atoms with Gasteiger partial charge in [-0.05, 0) is 33.7 Å². The molecule has 17 heavy (non-hydrogen) atoms. The number of aryl methyl sites for hydroxylation is 2. The fraction of sp³-hybridized carbons (Fsp3) is 0.786. The molecular formula is C14H26N2O. The Hall–Kier alpha value is -0.830. The highest BCUT2D eigenvalue weighted by Crippen LogP contribution is 2.20. The van der Waals surface area contributed by atoms with Gasteiger partial charge in [0, 0.05) is 11.6 Å². The number of nitrogens with one attached hydrogen (secondary N) is 1. The van der Waals surface area contributed by atoms with Gasteiger partial charge in [-0.15, -0.1) is 0 Å². The van der Waals surface area contributed by atoms with Crippen molar-refractivity contribution in [3.8, 4) is 0 Å². The molecule has 3 heteroatoms. The summed E-state index contributed by atoms with van der Waals surface area (Å²) in [4.78, 5) is 0. The lowest BCUT2D eigenvalue weighted by Gasteiger charge is -2.13. The van der Waals surface area contributed by atoms with Crippen molar-refractivity contribution in [3.05, 3.63) is 17.0 Å². The monoisotopic (exact) mass is 238 g/mol. The molecule has 0 saturated heterocycles. The smallest absolute Gasteiger partial charge is 0.138 e. The van der Waals surface area contributed by atoms with Gasteiger partial charge in [0.1, 0.15) is 5.76 Å². The lowest BCUT2D eigenvalue weighted by molar-refractivity contribution is 0.390. The van der Waals surface area contributed by atoms with E-state index >= 15 is 0 Å². The van der Waals surface area contributed by atoms with E-state index in [9.17, 15) is 0 Å². The molecule has 1 rings (SSSR count). The highest BCUT2D eigenvalue weighted by atomic mass is 16.5. The minimum atomic E-state index is 0.340. The first-order valence-corrected chi connectivity index (χ1v) is 6.83. The summed E-state index contributed by atoms with van der Waals surface area (Å²) in [5.74, 6) is 0.938. The molecule has 0 amide bonds. The fourth-order valence-corrected chi connectivity index (χ4v) is 2.26. The van der Waals surface area contributed by atoms with Crippen molar-refractivity contribution >= 4 is 0 Å². The molecule has 0 spiro atoms. The van der Waals surface area contributed by atoms with E-state index in [0.717, 1.165) is 18.0 Å².